The molecule has 1 saturated carbocycles. The van der Waals surface area contributed by atoms with Crippen LogP contribution < -0.4 is 5.32 Å². The van der Waals surface area contributed by atoms with Crippen molar-refractivity contribution in [1.29, 1.82) is 0 Å². The highest BCUT2D eigenvalue weighted by molar-refractivity contribution is 7.13. The van der Waals surface area contributed by atoms with Gasteiger partial charge in [-0.1, -0.05) is 13.0 Å². The molecule has 4 rings (SSSR count). The Labute approximate surface area is 149 Å². The normalized spacial score (nSPS) is 18.9. The molecule has 0 spiro atoms. The first-order valence-corrected chi connectivity index (χ1v) is 9.26. The van der Waals surface area contributed by atoms with Crippen molar-refractivity contribution in [2.24, 2.45) is 11.8 Å². The lowest BCUT2D eigenvalue weighted by molar-refractivity contribution is -0.122. The molecule has 1 aliphatic rings. The number of aromatic nitrogens is 4. The molecule has 128 valence electrons. The summed E-state index contributed by atoms with van der Waals surface area (Å²) in [6.45, 7) is 3.31. The van der Waals surface area contributed by atoms with Crippen LogP contribution in [0, 0.1) is 11.8 Å². The number of nitrogens with one attached hydrogen (secondary N) is 1. The lowest BCUT2D eigenvalue weighted by atomic mass is 10.1. The van der Waals surface area contributed by atoms with E-state index >= 15 is 0 Å². The van der Waals surface area contributed by atoms with Gasteiger partial charge in [0.1, 0.15) is 0 Å². The zero-order chi connectivity index (χ0) is 17.2. The molecule has 2 atom stereocenters. The molecular weight excluding hydrogens is 334 g/mol. The number of carbonyl (C=O) groups is 1. The molecule has 1 N–H and O–H groups in total. The molecule has 3 aromatic rings. The predicted molar refractivity (Wildman–Crippen MR) is 96.8 cm³/mol. The van der Waals surface area contributed by atoms with E-state index in [0.717, 1.165) is 28.2 Å². The standard InChI is InChI=1S/C18H19N5OS/c1-12-9-13(12)18(24)21-6-7-23-17(16-3-2-8-25-16)14(10-22-23)15-11-19-4-5-20-15/h2-5,8,10-13H,6-7,9H2,1H3,(H,21,24)/t12-,13+/m0/s1. The van der Waals surface area contributed by atoms with Crippen LogP contribution in [0.15, 0.2) is 42.3 Å². The third-order valence-corrected chi connectivity index (χ3v) is 5.38. The summed E-state index contributed by atoms with van der Waals surface area (Å²) in [5.74, 6) is 0.880. The summed E-state index contributed by atoms with van der Waals surface area (Å²) in [5, 5.41) is 9.59. The lowest BCUT2D eigenvalue weighted by Crippen LogP contribution is -2.29. The average Bonchev–Trinajstić information content (AvgIpc) is 3.04. The van der Waals surface area contributed by atoms with E-state index in [-0.39, 0.29) is 11.8 Å². The van der Waals surface area contributed by atoms with E-state index in [2.05, 4.69) is 33.4 Å². The summed E-state index contributed by atoms with van der Waals surface area (Å²) in [6.07, 6.45) is 7.92. The lowest BCUT2D eigenvalue weighted by Gasteiger charge is -2.09. The number of thiophene rings is 1. The molecule has 0 aliphatic heterocycles. The topological polar surface area (TPSA) is 72.7 Å². The summed E-state index contributed by atoms with van der Waals surface area (Å²) >= 11 is 1.66. The Hall–Kier alpha value is -2.54. The first-order chi connectivity index (χ1) is 12.2. The van der Waals surface area contributed by atoms with Crippen LogP contribution in [-0.2, 0) is 11.3 Å². The fraction of sp³-hybridized carbons (Fsp3) is 0.333. The van der Waals surface area contributed by atoms with E-state index in [9.17, 15) is 4.79 Å². The molecule has 1 amide bonds. The fourth-order valence-electron chi connectivity index (χ4n) is 2.96. The molecule has 6 nitrogen and oxygen atoms in total. The van der Waals surface area contributed by atoms with Crippen molar-refractivity contribution in [2.45, 2.75) is 19.9 Å². The van der Waals surface area contributed by atoms with E-state index in [1.807, 2.05) is 22.3 Å². The van der Waals surface area contributed by atoms with Crippen LogP contribution in [-0.4, -0.2) is 32.2 Å². The molecule has 0 saturated heterocycles. The molecule has 0 unspecified atom stereocenters. The Balaban J connectivity index is 1.55. The predicted octanol–water partition coefficient (Wildman–Crippen LogP) is 2.84. The third kappa shape index (κ3) is 3.32. The van der Waals surface area contributed by atoms with Crippen LogP contribution in [0.1, 0.15) is 13.3 Å². The first-order valence-electron chi connectivity index (χ1n) is 8.38. The Kier molecular flexibility index (Phi) is 4.31. The number of rotatable bonds is 6. The molecule has 3 aromatic heterocycles. The van der Waals surface area contributed by atoms with Crippen LogP contribution in [0.25, 0.3) is 21.8 Å². The number of carbonyl (C=O) groups excluding carboxylic acids is 1. The highest BCUT2D eigenvalue weighted by atomic mass is 32.1. The van der Waals surface area contributed by atoms with Crippen LogP contribution in [0.5, 0.6) is 0 Å². The number of hydrogen-bond acceptors (Lipinski definition) is 5. The zero-order valence-corrected chi connectivity index (χ0v) is 14.7. The Morgan fingerprint density at radius 2 is 2.28 bits per heavy atom. The number of nitrogens with zero attached hydrogens (tertiary/aromatic N) is 4. The third-order valence-electron chi connectivity index (χ3n) is 4.50. The molecule has 0 aromatic carbocycles. The van der Waals surface area contributed by atoms with Crippen molar-refractivity contribution in [3.05, 3.63) is 42.3 Å². The molecule has 1 aliphatic carbocycles. The Morgan fingerprint density at radius 1 is 1.40 bits per heavy atom. The molecule has 7 heteroatoms. The van der Waals surface area contributed by atoms with E-state index in [1.54, 1.807) is 29.9 Å². The summed E-state index contributed by atoms with van der Waals surface area (Å²) in [5.41, 5.74) is 2.77. The van der Waals surface area contributed by atoms with E-state index < -0.39 is 0 Å². The van der Waals surface area contributed by atoms with Gasteiger partial charge in [0.15, 0.2) is 0 Å². The van der Waals surface area contributed by atoms with Crippen molar-refractivity contribution in [1.82, 2.24) is 25.1 Å². The van der Waals surface area contributed by atoms with Gasteiger partial charge in [-0.3, -0.25) is 19.4 Å². The van der Waals surface area contributed by atoms with Gasteiger partial charge in [0, 0.05) is 30.4 Å². The Morgan fingerprint density at radius 3 is 2.96 bits per heavy atom. The molecular formula is C18H19N5OS. The summed E-state index contributed by atoms with van der Waals surface area (Å²) in [4.78, 5) is 21.7. The number of amides is 1. The van der Waals surface area contributed by atoms with E-state index in [1.165, 1.54) is 0 Å². The van der Waals surface area contributed by atoms with Gasteiger partial charge in [-0.2, -0.15) is 5.10 Å². The van der Waals surface area contributed by atoms with Crippen LogP contribution in [0.4, 0.5) is 0 Å². The monoisotopic (exact) mass is 353 g/mol. The highest BCUT2D eigenvalue weighted by Gasteiger charge is 2.38. The van der Waals surface area contributed by atoms with Gasteiger partial charge in [0.2, 0.25) is 5.91 Å². The zero-order valence-electron chi connectivity index (χ0n) is 13.9. The maximum Gasteiger partial charge on any atom is 0.223 e. The van der Waals surface area contributed by atoms with Crippen molar-refractivity contribution in [3.63, 3.8) is 0 Å². The van der Waals surface area contributed by atoms with E-state index in [0.29, 0.717) is 19.0 Å². The second-order valence-electron chi connectivity index (χ2n) is 6.31. The van der Waals surface area contributed by atoms with Gasteiger partial charge in [0.05, 0.1) is 35.2 Å². The summed E-state index contributed by atoms with van der Waals surface area (Å²) in [6, 6.07) is 4.09. The van der Waals surface area contributed by atoms with Crippen molar-refractivity contribution >= 4 is 17.2 Å². The molecule has 3 heterocycles. The van der Waals surface area contributed by atoms with Gasteiger partial charge in [-0.15, -0.1) is 11.3 Å². The van der Waals surface area contributed by atoms with Crippen LogP contribution in [0.2, 0.25) is 0 Å². The molecule has 0 radical (unpaired) electrons. The van der Waals surface area contributed by atoms with Gasteiger partial charge < -0.3 is 5.32 Å². The first kappa shape index (κ1) is 16.0. The maximum atomic E-state index is 12.0. The van der Waals surface area contributed by atoms with Crippen molar-refractivity contribution in [2.75, 3.05) is 6.54 Å². The minimum absolute atomic E-state index is 0.159. The minimum atomic E-state index is 0.159. The van der Waals surface area contributed by atoms with Crippen LogP contribution in [0.3, 0.4) is 0 Å². The van der Waals surface area contributed by atoms with Gasteiger partial charge in [-0.25, -0.2) is 0 Å². The summed E-state index contributed by atoms with van der Waals surface area (Å²) in [7, 11) is 0. The average molecular weight is 353 g/mol. The molecule has 1 fully saturated rings. The van der Waals surface area contributed by atoms with Crippen LogP contribution >= 0.6 is 11.3 Å². The Bertz CT molecular complexity index is 859. The van der Waals surface area contributed by atoms with Crippen molar-refractivity contribution < 1.29 is 4.79 Å². The fourth-order valence-corrected chi connectivity index (χ4v) is 3.75. The highest BCUT2D eigenvalue weighted by Crippen LogP contribution is 2.37. The van der Waals surface area contributed by atoms with Gasteiger partial charge >= 0.3 is 0 Å². The minimum Gasteiger partial charge on any atom is -0.354 e. The molecule has 25 heavy (non-hydrogen) atoms. The number of hydrogen-bond donors (Lipinski definition) is 1. The quantitative estimate of drug-likeness (QED) is 0.740. The van der Waals surface area contributed by atoms with E-state index in [4.69, 9.17) is 0 Å². The maximum absolute atomic E-state index is 12.0. The molecule has 0 bridgehead atoms. The second-order valence-corrected chi connectivity index (χ2v) is 7.26. The van der Waals surface area contributed by atoms with Gasteiger partial charge in [0.25, 0.3) is 0 Å². The SMILES string of the molecule is C[C@H]1C[C@H]1C(=O)NCCn1ncc(-c2cnccn2)c1-c1cccs1. The van der Waals surface area contributed by atoms with Crippen molar-refractivity contribution in [3.8, 4) is 21.8 Å². The largest absolute Gasteiger partial charge is 0.354 e. The summed E-state index contributed by atoms with van der Waals surface area (Å²) < 4.78 is 1.94. The second kappa shape index (κ2) is 6.76. The van der Waals surface area contributed by atoms with Gasteiger partial charge in [-0.05, 0) is 23.8 Å². The smallest absolute Gasteiger partial charge is 0.223 e.